The zero-order chi connectivity index (χ0) is 12.8. The molecule has 0 aliphatic carbocycles. The molecule has 0 saturated carbocycles. The van der Waals surface area contributed by atoms with Gasteiger partial charge in [-0.15, -0.1) is 0 Å². The van der Waals surface area contributed by atoms with E-state index in [-0.39, 0.29) is 5.69 Å². The Hall–Kier alpha value is -1.62. The van der Waals surface area contributed by atoms with E-state index in [1.165, 1.54) is 38.5 Å². The molecule has 1 aromatic heterocycles. The number of nitrogens with zero attached hydrogens (tertiary/aromatic N) is 2. The summed E-state index contributed by atoms with van der Waals surface area (Å²) >= 11 is 0. The Morgan fingerprint density at radius 2 is 2.17 bits per heavy atom. The van der Waals surface area contributed by atoms with Gasteiger partial charge in [0, 0.05) is 25.0 Å². The number of piperidine rings is 1. The summed E-state index contributed by atoms with van der Waals surface area (Å²) in [5.41, 5.74) is 0.900. The molecule has 0 atom stereocenters. The largest absolute Gasteiger partial charge is 0.477 e. The third kappa shape index (κ3) is 3.70. The van der Waals surface area contributed by atoms with Gasteiger partial charge in [-0.1, -0.05) is 6.42 Å². The second-order valence-corrected chi connectivity index (χ2v) is 4.56. The average molecular weight is 249 g/mol. The zero-order valence-corrected chi connectivity index (χ0v) is 10.4. The van der Waals surface area contributed by atoms with E-state index < -0.39 is 5.97 Å². The fourth-order valence-electron chi connectivity index (χ4n) is 2.20. The minimum Gasteiger partial charge on any atom is -0.477 e. The SMILES string of the molecule is O=C(O)c1cc(NCCN2CCCCC2)ccn1. The van der Waals surface area contributed by atoms with Crippen LogP contribution in [0.4, 0.5) is 5.69 Å². The van der Waals surface area contributed by atoms with E-state index in [1.54, 1.807) is 12.1 Å². The number of aromatic carboxylic acids is 1. The number of carbonyl (C=O) groups is 1. The van der Waals surface area contributed by atoms with Gasteiger partial charge in [-0.3, -0.25) is 0 Å². The summed E-state index contributed by atoms with van der Waals surface area (Å²) in [6.07, 6.45) is 5.44. The lowest BCUT2D eigenvalue weighted by Crippen LogP contribution is -2.33. The Kier molecular flexibility index (Phi) is 4.52. The lowest BCUT2D eigenvalue weighted by Gasteiger charge is -2.26. The van der Waals surface area contributed by atoms with E-state index in [0.29, 0.717) is 0 Å². The Morgan fingerprint density at radius 3 is 2.89 bits per heavy atom. The van der Waals surface area contributed by atoms with Gasteiger partial charge < -0.3 is 15.3 Å². The van der Waals surface area contributed by atoms with E-state index in [1.807, 2.05) is 0 Å². The average Bonchev–Trinajstić information content (AvgIpc) is 2.40. The van der Waals surface area contributed by atoms with Gasteiger partial charge in [0.1, 0.15) is 5.69 Å². The monoisotopic (exact) mass is 249 g/mol. The summed E-state index contributed by atoms with van der Waals surface area (Å²) < 4.78 is 0. The molecule has 5 heteroatoms. The van der Waals surface area contributed by atoms with Gasteiger partial charge in [0.05, 0.1) is 0 Å². The van der Waals surface area contributed by atoms with E-state index in [2.05, 4.69) is 15.2 Å². The van der Waals surface area contributed by atoms with Crippen molar-refractivity contribution in [1.82, 2.24) is 9.88 Å². The van der Waals surface area contributed by atoms with Crippen LogP contribution in [0.1, 0.15) is 29.8 Å². The Labute approximate surface area is 107 Å². The minimum atomic E-state index is -0.991. The number of rotatable bonds is 5. The first-order valence-electron chi connectivity index (χ1n) is 6.41. The number of carboxylic acids is 1. The molecule has 1 fully saturated rings. The molecule has 1 aliphatic rings. The van der Waals surface area contributed by atoms with E-state index in [9.17, 15) is 4.79 Å². The molecule has 2 heterocycles. The van der Waals surface area contributed by atoms with Crippen LogP contribution in [-0.2, 0) is 0 Å². The molecule has 98 valence electrons. The first-order chi connectivity index (χ1) is 8.75. The van der Waals surface area contributed by atoms with Crippen LogP contribution in [0.5, 0.6) is 0 Å². The van der Waals surface area contributed by atoms with Crippen LogP contribution in [-0.4, -0.2) is 47.1 Å². The Morgan fingerprint density at radius 1 is 1.39 bits per heavy atom. The van der Waals surface area contributed by atoms with Crippen LogP contribution in [0.2, 0.25) is 0 Å². The minimum absolute atomic E-state index is 0.0815. The van der Waals surface area contributed by atoms with Crippen LogP contribution < -0.4 is 5.32 Å². The molecule has 0 bridgehead atoms. The van der Waals surface area contributed by atoms with Gasteiger partial charge >= 0.3 is 5.97 Å². The van der Waals surface area contributed by atoms with Crippen LogP contribution in [0.15, 0.2) is 18.3 Å². The topological polar surface area (TPSA) is 65.5 Å². The fraction of sp³-hybridized carbons (Fsp3) is 0.538. The van der Waals surface area contributed by atoms with Crippen molar-refractivity contribution in [2.45, 2.75) is 19.3 Å². The molecule has 1 aromatic rings. The highest BCUT2D eigenvalue weighted by Gasteiger charge is 2.09. The normalized spacial score (nSPS) is 16.4. The van der Waals surface area contributed by atoms with Crippen LogP contribution >= 0.6 is 0 Å². The molecule has 1 aliphatic heterocycles. The number of nitrogens with one attached hydrogen (secondary N) is 1. The molecule has 2 rings (SSSR count). The van der Waals surface area contributed by atoms with Crippen LogP contribution in [0.3, 0.4) is 0 Å². The second-order valence-electron chi connectivity index (χ2n) is 4.56. The summed E-state index contributed by atoms with van der Waals surface area (Å²) in [4.78, 5) is 17.0. The standard InChI is InChI=1S/C13H19N3O2/c17-13(18)12-10-11(4-5-15-12)14-6-9-16-7-2-1-3-8-16/h4-5,10H,1-3,6-9H2,(H,14,15)(H,17,18). The molecular weight excluding hydrogens is 230 g/mol. The van der Waals surface area contributed by atoms with Gasteiger partial charge in [-0.05, 0) is 38.1 Å². The summed E-state index contributed by atoms with van der Waals surface area (Å²) in [6.45, 7) is 4.20. The van der Waals surface area contributed by atoms with Crippen molar-refractivity contribution in [3.8, 4) is 0 Å². The van der Waals surface area contributed by atoms with Crippen molar-refractivity contribution in [2.75, 3.05) is 31.5 Å². The predicted octanol–water partition coefficient (Wildman–Crippen LogP) is 1.68. The molecule has 0 amide bonds. The lowest BCUT2D eigenvalue weighted by atomic mass is 10.1. The van der Waals surface area contributed by atoms with E-state index in [0.717, 1.165) is 18.8 Å². The maximum atomic E-state index is 10.8. The molecule has 0 unspecified atom stereocenters. The van der Waals surface area contributed by atoms with Crippen LogP contribution in [0, 0.1) is 0 Å². The van der Waals surface area contributed by atoms with Crippen molar-refractivity contribution >= 4 is 11.7 Å². The van der Waals surface area contributed by atoms with Gasteiger partial charge in [-0.2, -0.15) is 0 Å². The van der Waals surface area contributed by atoms with Crippen molar-refractivity contribution in [1.29, 1.82) is 0 Å². The first kappa shape index (κ1) is 12.8. The number of hydrogen-bond donors (Lipinski definition) is 2. The molecular formula is C13H19N3O2. The van der Waals surface area contributed by atoms with Gasteiger partial charge in [0.2, 0.25) is 0 Å². The lowest BCUT2D eigenvalue weighted by molar-refractivity contribution is 0.0690. The second kappa shape index (κ2) is 6.35. The predicted molar refractivity (Wildman–Crippen MR) is 70.0 cm³/mol. The Bertz CT molecular complexity index is 403. The number of aromatic nitrogens is 1. The van der Waals surface area contributed by atoms with Gasteiger partial charge in [0.25, 0.3) is 0 Å². The molecule has 2 N–H and O–H groups in total. The number of anilines is 1. The maximum Gasteiger partial charge on any atom is 0.354 e. The molecule has 0 aromatic carbocycles. The molecule has 0 radical (unpaired) electrons. The number of carboxylic acid groups (broad SMARTS) is 1. The zero-order valence-electron chi connectivity index (χ0n) is 10.4. The molecule has 5 nitrogen and oxygen atoms in total. The third-order valence-corrected chi connectivity index (χ3v) is 3.18. The highest BCUT2D eigenvalue weighted by atomic mass is 16.4. The fourth-order valence-corrected chi connectivity index (χ4v) is 2.20. The molecule has 18 heavy (non-hydrogen) atoms. The van der Waals surface area contributed by atoms with Crippen LogP contribution in [0.25, 0.3) is 0 Å². The van der Waals surface area contributed by atoms with Gasteiger partial charge in [0.15, 0.2) is 0 Å². The highest BCUT2D eigenvalue weighted by molar-refractivity contribution is 5.86. The summed E-state index contributed by atoms with van der Waals surface area (Å²) in [5, 5.41) is 12.1. The third-order valence-electron chi connectivity index (χ3n) is 3.18. The highest BCUT2D eigenvalue weighted by Crippen LogP contribution is 2.10. The van der Waals surface area contributed by atoms with E-state index >= 15 is 0 Å². The van der Waals surface area contributed by atoms with Gasteiger partial charge in [-0.25, -0.2) is 9.78 Å². The quantitative estimate of drug-likeness (QED) is 0.831. The number of hydrogen-bond acceptors (Lipinski definition) is 4. The summed E-state index contributed by atoms with van der Waals surface area (Å²) in [5.74, 6) is -0.991. The smallest absolute Gasteiger partial charge is 0.354 e. The summed E-state index contributed by atoms with van der Waals surface area (Å²) in [7, 11) is 0. The van der Waals surface area contributed by atoms with Crippen molar-refractivity contribution in [2.24, 2.45) is 0 Å². The Balaban J connectivity index is 1.78. The summed E-state index contributed by atoms with van der Waals surface area (Å²) in [6, 6.07) is 3.36. The van der Waals surface area contributed by atoms with Crippen molar-refractivity contribution in [3.05, 3.63) is 24.0 Å². The van der Waals surface area contributed by atoms with Crippen molar-refractivity contribution in [3.63, 3.8) is 0 Å². The molecule has 0 spiro atoms. The number of likely N-dealkylation sites (tertiary alicyclic amines) is 1. The van der Waals surface area contributed by atoms with Crippen molar-refractivity contribution < 1.29 is 9.90 Å². The maximum absolute atomic E-state index is 10.8. The number of pyridine rings is 1. The molecule has 1 saturated heterocycles. The van der Waals surface area contributed by atoms with E-state index in [4.69, 9.17) is 5.11 Å². The first-order valence-corrected chi connectivity index (χ1v) is 6.41.